The molecule has 0 aliphatic carbocycles. The number of nitrogens with zero attached hydrogens (tertiary/aromatic N) is 4. The van der Waals surface area contributed by atoms with Gasteiger partial charge >= 0.3 is 12.1 Å². The van der Waals surface area contributed by atoms with E-state index in [1.807, 2.05) is 6.92 Å². The second-order valence-electron chi connectivity index (χ2n) is 14.0. The standard InChI is InChI=1S/C33H46F2N4O5SSi/c1-21-12-13-26(36-18-21)25(34)17-23-16-24(27(35)37-19-23)32(6)22(2)33(7,28(40)42-8)45-29(38-32)39(30(41)44-31(3,4)5)20-43-14-15-46(9,10)11/h12-13,16-19,22H,14-15,20H2,1-11H3/b25-17+/t22?,32-,33-/m0/s1. The highest BCUT2D eigenvalue weighted by molar-refractivity contribution is 8.15. The van der Waals surface area contributed by atoms with Crippen LogP contribution in [0.1, 0.15) is 63.9 Å². The maximum Gasteiger partial charge on any atom is 0.418 e. The molecule has 0 spiro atoms. The third kappa shape index (κ3) is 9.00. The van der Waals surface area contributed by atoms with Crippen LogP contribution in [0.25, 0.3) is 11.9 Å². The number of aliphatic imine (C=N–C) groups is 1. The number of amides is 1. The van der Waals surface area contributed by atoms with Crippen molar-refractivity contribution >= 4 is 49.0 Å². The molecule has 3 atom stereocenters. The second kappa shape index (κ2) is 14.3. The van der Waals surface area contributed by atoms with Crippen LogP contribution in [0.5, 0.6) is 0 Å². The molecule has 0 saturated carbocycles. The lowest BCUT2D eigenvalue weighted by atomic mass is 9.74. The van der Waals surface area contributed by atoms with Gasteiger partial charge < -0.3 is 14.2 Å². The van der Waals surface area contributed by atoms with Crippen LogP contribution in [-0.2, 0) is 24.5 Å². The van der Waals surface area contributed by atoms with Crippen molar-refractivity contribution < 1.29 is 32.6 Å². The first kappa shape index (κ1) is 37.3. The summed E-state index contributed by atoms with van der Waals surface area (Å²) in [6.45, 7) is 19.0. The summed E-state index contributed by atoms with van der Waals surface area (Å²) < 4.78 is 46.5. The molecule has 1 unspecified atom stereocenters. The summed E-state index contributed by atoms with van der Waals surface area (Å²) in [6, 6.07) is 5.59. The van der Waals surface area contributed by atoms with E-state index in [0.29, 0.717) is 6.61 Å². The Bertz CT molecular complexity index is 1490. The topological polar surface area (TPSA) is 103 Å². The van der Waals surface area contributed by atoms with E-state index in [1.165, 1.54) is 30.3 Å². The fourth-order valence-electron chi connectivity index (χ4n) is 4.73. The van der Waals surface area contributed by atoms with Crippen molar-refractivity contribution in [3.8, 4) is 0 Å². The number of ether oxygens (including phenoxy) is 3. The highest BCUT2D eigenvalue weighted by Crippen LogP contribution is 2.52. The first-order valence-corrected chi connectivity index (χ1v) is 19.6. The number of carbonyl (C=O) groups is 2. The Kier molecular flexibility index (Phi) is 11.6. The lowest BCUT2D eigenvalue weighted by Crippen LogP contribution is -2.55. The predicted molar refractivity (Wildman–Crippen MR) is 181 cm³/mol. The Balaban J connectivity index is 2.17. The van der Waals surface area contributed by atoms with Crippen molar-refractivity contribution in [2.75, 3.05) is 20.4 Å². The zero-order valence-electron chi connectivity index (χ0n) is 28.7. The summed E-state index contributed by atoms with van der Waals surface area (Å²) >= 11 is 1.02. The van der Waals surface area contributed by atoms with E-state index >= 15 is 8.78 Å². The van der Waals surface area contributed by atoms with E-state index in [2.05, 4.69) is 29.6 Å². The monoisotopic (exact) mass is 676 g/mol. The minimum absolute atomic E-state index is 0.00938. The number of pyridine rings is 2. The Morgan fingerprint density at radius 3 is 2.39 bits per heavy atom. The van der Waals surface area contributed by atoms with Crippen LogP contribution in [0.4, 0.5) is 13.6 Å². The van der Waals surface area contributed by atoms with Gasteiger partial charge in [0.05, 0.1) is 18.3 Å². The summed E-state index contributed by atoms with van der Waals surface area (Å²) in [7, 11) is -0.173. The molecule has 3 heterocycles. The molecule has 46 heavy (non-hydrogen) atoms. The Labute approximate surface area is 276 Å². The lowest BCUT2D eigenvalue weighted by Gasteiger charge is -2.47. The van der Waals surface area contributed by atoms with Crippen molar-refractivity contribution in [1.29, 1.82) is 0 Å². The number of amidine groups is 1. The SMILES string of the molecule is COC(=O)[C@@]1(C)SC(N(COCC[Si](C)(C)C)C(=O)OC(C)(C)C)=N[C@](C)(c2cc(/C=C(/F)c3ccc(C)cn3)cnc2F)C1C. The van der Waals surface area contributed by atoms with Crippen LogP contribution in [-0.4, -0.2) is 71.0 Å². The molecule has 2 aromatic rings. The molecule has 1 amide bonds. The number of rotatable bonds is 9. The van der Waals surface area contributed by atoms with E-state index in [1.54, 1.807) is 59.9 Å². The number of carbonyl (C=O) groups excluding carboxylic acids is 2. The lowest BCUT2D eigenvalue weighted by molar-refractivity contribution is -0.145. The quantitative estimate of drug-likeness (QED) is 0.0871. The minimum atomic E-state index is -1.47. The molecular weight excluding hydrogens is 631 g/mol. The average Bonchev–Trinajstić information content (AvgIpc) is 2.95. The van der Waals surface area contributed by atoms with Crippen LogP contribution >= 0.6 is 11.8 Å². The summed E-state index contributed by atoms with van der Waals surface area (Å²) in [6.07, 6.45) is 3.23. The normalized spacial score (nSPS) is 22.2. The van der Waals surface area contributed by atoms with Crippen LogP contribution in [0.3, 0.4) is 0 Å². The second-order valence-corrected chi connectivity index (χ2v) is 21.1. The fraction of sp³-hybridized carbons (Fsp3) is 0.545. The van der Waals surface area contributed by atoms with Gasteiger partial charge in [-0.1, -0.05) is 44.4 Å². The van der Waals surface area contributed by atoms with E-state index < -0.39 is 53.7 Å². The molecule has 13 heteroatoms. The first-order chi connectivity index (χ1) is 21.2. The Morgan fingerprint density at radius 2 is 1.83 bits per heavy atom. The van der Waals surface area contributed by atoms with E-state index in [4.69, 9.17) is 19.2 Å². The fourth-order valence-corrected chi connectivity index (χ4v) is 6.91. The van der Waals surface area contributed by atoms with Gasteiger partial charge in [0.25, 0.3) is 0 Å². The number of thioether (sulfide) groups is 1. The molecule has 0 saturated heterocycles. The van der Waals surface area contributed by atoms with E-state index in [-0.39, 0.29) is 28.7 Å². The number of methoxy groups -OCH3 is 1. The highest BCUT2D eigenvalue weighted by Gasteiger charge is 2.56. The molecular formula is C33H46F2N4O5SSi. The number of hydrogen-bond acceptors (Lipinski definition) is 9. The van der Waals surface area contributed by atoms with Gasteiger partial charge in [-0.05, 0) is 76.9 Å². The van der Waals surface area contributed by atoms with Gasteiger partial charge in [0.1, 0.15) is 22.9 Å². The Hall–Kier alpha value is -3.16. The smallest absolute Gasteiger partial charge is 0.418 e. The maximum atomic E-state index is 15.7. The highest BCUT2D eigenvalue weighted by atomic mass is 32.2. The molecule has 2 aromatic heterocycles. The van der Waals surface area contributed by atoms with Crippen LogP contribution in [0.15, 0.2) is 35.6 Å². The van der Waals surface area contributed by atoms with Gasteiger partial charge in [-0.2, -0.15) is 4.39 Å². The number of aryl methyl sites for hydroxylation is 1. The largest absolute Gasteiger partial charge is 0.468 e. The van der Waals surface area contributed by atoms with Crippen LogP contribution in [0, 0.1) is 18.8 Å². The van der Waals surface area contributed by atoms with Gasteiger partial charge in [0.2, 0.25) is 5.95 Å². The van der Waals surface area contributed by atoms with Crippen molar-refractivity contribution in [2.45, 2.75) is 90.0 Å². The molecule has 1 aliphatic rings. The maximum absolute atomic E-state index is 15.7. The minimum Gasteiger partial charge on any atom is -0.468 e. The van der Waals surface area contributed by atoms with Crippen molar-refractivity contribution in [3.63, 3.8) is 0 Å². The van der Waals surface area contributed by atoms with E-state index in [9.17, 15) is 9.59 Å². The molecule has 0 radical (unpaired) electrons. The summed E-state index contributed by atoms with van der Waals surface area (Å²) in [5.74, 6) is -2.76. The molecule has 0 fully saturated rings. The molecule has 0 aromatic carbocycles. The zero-order valence-corrected chi connectivity index (χ0v) is 30.5. The number of halogens is 2. The van der Waals surface area contributed by atoms with Gasteiger partial charge in [-0.3, -0.25) is 14.8 Å². The summed E-state index contributed by atoms with van der Waals surface area (Å²) in [5, 5.41) is 0.0890. The molecule has 0 bridgehead atoms. The van der Waals surface area contributed by atoms with Crippen molar-refractivity contribution in [3.05, 3.63) is 58.9 Å². The van der Waals surface area contributed by atoms with Crippen LogP contribution in [0.2, 0.25) is 25.7 Å². The van der Waals surface area contributed by atoms with Gasteiger partial charge in [-0.25, -0.2) is 19.1 Å². The first-order valence-electron chi connectivity index (χ1n) is 15.1. The van der Waals surface area contributed by atoms with Crippen LogP contribution < -0.4 is 0 Å². The van der Waals surface area contributed by atoms with Crippen molar-refractivity contribution in [2.24, 2.45) is 10.9 Å². The molecule has 3 rings (SSSR count). The van der Waals surface area contributed by atoms with Gasteiger partial charge in [0.15, 0.2) is 5.17 Å². The molecule has 9 nitrogen and oxygen atoms in total. The number of esters is 1. The number of hydrogen-bond donors (Lipinski definition) is 0. The van der Waals surface area contributed by atoms with Crippen molar-refractivity contribution in [1.82, 2.24) is 14.9 Å². The Morgan fingerprint density at radius 1 is 1.15 bits per heavy atom. The molecule has 0 N–H and O–H groups in total. The summed E-state index contributed by atoms with van der Waals surface area (Å²) in [5.41, 5.74) is -1.05. The van der Waals surface area contributed by atoms with Gasteiger partial charge in [0, 0.05) is 38.6 Å². The summed E-state index contributed by atoms with van der Waals surface area (Å²) in [4.78, 5) is 41.2. The average molecular weight is 677 g/mol. The third-order valence-corrected chi connectivity index (χ3v) is 11.0. The third-order valence-electron chi connectivity index (χ3n) is 7.81. The molecule has 1 aliphatic heterocycles. The van der Waals surface area contributed by atoms with Gasteiger partial charge in [-0.15, -0.1) is 0 Å². The predicted octanol–water partition coefficient (Wildman–Crippen LogP) is 7.83. The number of aromatic nitrogens is 2. The zero-order chi connectivity index (χ0) is 34.7. The molecule has 252 valence electrons. The van der Waals surface area contributed by atoms with E-state index in [0.717, 1.165) is 23.4 Å².